The smallest absolute Gasteiger partial charge is 0.235 e. The van der Waals surface area contributed by atoms with Crippen LogP contribution in [0.25, 0.3) is 5.65 Å². The summed E-state index contributed by atoms with van der Waals surface area (Å²) in [5.74, 6) is 0.365. The standard InChI is InChI=1S/C15H15N5OS/c1-9-8-12-18-19-15(20(12)10(2)17-9)22-13(14(16)21)11-6-4-3-5-7-11/h3-8,13H,1-2H3,(H2,16,21)/t13-/m1/s1. The normalized spacial score (nSPS) is 12.5. The number of rotatable bonds is 4. The number of primary amides is 1. The van der Waals surface area contributed by atoms with Crippen molar-refractivity contribution in [3.05, 3.63) is 53.5 Å². The summed E-state index contributed by atoms with van der Waals surface area (Å²) in [6, 6.07) is 11.3. The number of thioether (sulfide) groups is 1. The first-order valence-electron chi connectivity index (χ1n) is 6.76. The Morgan fingerprint density at radius 2 is 1.95 bits per heavy atom. The zero-order chi connectivity index (χ0) is 15.7. The molecule has 0 spiro atoms. The molecule has 112 valence electrons. The first-order valence-corrected chi connectivity index (χ1v) is 7.64. The van der Waals surface area contributed by atoms with Gasteiger partial charge in [0.05, 0.1) is 0 Å². The van der Waals surface area contributed by atoms with Crippen LogP contribution in [0.15, 0.2) is 41.6 Å². The molecule has 2 N–H and O–H groups in total. The van der Waals surface area contributed by atoms with Gasteiger partial charge in [-0.2, -0.15) is 0 Å². The van der Waals surface area contributed by atoms with E-state index >= 15 is 0 Å². The summed E-state index contributed by atoms with van der Waals surface area (Å²) in [6.07, 6.45) is 0. The predicted molar refractivity (Wildman–Crippen MR) is 84.5 cm³/mol. The van der Waals surface area contributed by atoms with E-state index in [9.17, 15) is 4.79 Å². The van der Waals surface area contributed by atoms with E-state index in [1.54, 1.807) is 0 Å². The van der Waals surface area contributed by atoms with Crippen molar-refractivity contribution in [3.63, 3.8) is 0 Å². The van der Waals surface area contributed by atoms with Gasteiger partial charge in [-0.3, -0.25) is 9.20 Å². The zero-order valence-corrected chi connectivity index (χ0v) is 13.0. The van der Waals surface area contributed by atoms with Crippen molar-refractivity contribution in [3.8, 4) is 0 Å². The van der Waals surface area contributed by atoms with E-state index in [-0.39, 0.29) is 0 Å². The van der Waals surface area contributed by atoms with Crippen LogP contribution in [-0.4, -0.2) is 25.5 Å². The van der Waals surface area contributed by atoms with E-state index in [4.69, 9.17) is 5.73 Å². The average Bonchev–Trinajstić information content (AvgIpc) is 2.88. The van der Waals surface area contributed by atoms with Gasteiger partial charge in [0.2, 0.25) is 5.91 Å². The number of fused-ring (bicyclic) bond motifs is 1. The third kappa shape index (κ3) is 2.67. The van der Waals surface area contributed by atoms with Gasteiger partial charge in [0.25, 0.3) is 0 Å². The van der Waals surface area contributed by atoms with Crippen molar-refractivity contribution < 1.29 is 4.79 Å². The maximum atomic E-state index is 11.8. The number of carbonyl (C=O) groups is 1. The molecular weight excluding hydrogens is 298 g/mol. The maximum absolute atomic E-state index is 11.8. The van der Waals surface area contributed by atoms with Crippen molar-refractivity contribution in [1.82, 2.24) is 19.6 Å². The van der Waals surface area contributed by atoms with Gasteiger partial charge < -0.3 is 5.73 Å². The Labute approximate surface area is 131 Å². The molecule has 3 aromatic rings. The van der Waals surface area contributed by atoms with Crippen molar-refractivity contribution in [2.24, 2.45) is 5.73 Å². The van der Waals surface area contributed by atoms with Gasteiger partial charge in [-0.05, 0) is 19.4 Å². The number of amides is 1. The molecule has 6 nitrogen and oxygen atoms in total. The van der Waals surface area contributed by atoms with Crippen LogP contribution in [0.1, 0.15) is 22.3 Å². The van der Waals surface area contributed by atoms with Crippen molar-refractivity contribution in [1.29, 1.82) is 0 Å². The maximum Gasteiger partial charge on any atom is 0.235 e. The number of hydrogen-bond acceptors (Lipinski definition) is 5. The zero-order valence-electron chi connectivity index (χ0n) is 12.2. The molecular formula is C15H15N5OS. The Hall–Kier alpha value is -2.41. The fourth-order valence-corrected chi connectivity index (χ4v) is 3.34. The summed E-state index contributed by atoms with van der Waals surface area (Å²) < 4.78 is 1.83. The molecule has 0 saturated heterocycles. The van der Waals surface area contributed by atoms with E-state index in [0.29, 0.717) is 10.8 Å². The van der Waals surface area contributed by atoms with Crippen LogP contribution in [-0.2, 0) is 4.79 Å². The van der Waals surface area contributed by atoms with Crippen LogP contribution in [0.2, 0.25) is 0 Å². The van der Waals surface area contributed by atoms with Crippen LogP contribution in [0, 0.1) is 13.8 Å². The van der Waals surface area contributed by atoms with Gasteiger partial charge in [0, 0.05) is 11.8 Å². The lowest BCUT2D eigenvalue weighted by molar-refractivity contribution is -0.117. The largest absolute Gasteiger partial charge is 0.368 e. The molecule has 0 fully saturated rings. The number of hydrogen-bond donors (Lipinski definition) is 1. The molecule has 0 aliphatic heterocycles. The quantitative estimate of drug-likeness (QED) is 0.745. The minimum atomic E-state index is -0.519. The third-order valence-corrected chi connectivity index (χ3v) is 4.46. The molecule has 1 amide bonds. The molecule has 1 atom stereocenters. The van der Waals surface area contributed by atoms with Gasteiger partial charge >= 0.3 is 0 Å². The molecule has 0 saturated carbocycles. The Morgan fingerprint density at radius 1 is 1.23 bits per heavy atom. The molecule has 0 aliphatic rings. The molecule has 22 heavy (non-hydrogen) atoms. The minimum absolute atomic E-state index is 0.411. The summed E-state index contributed by atoms with van der Waals surface area (Å²) >= 11 is 1.28. The molecule has 0 radical (unpaired) electrons. The molecule has 3 rings (SSSR count). The Morgan fingerprint density at radius 3 is 2.64 bits per heavy atom. The van der Waals surface area contributed by atoms with Crippen LogP contribution in [0.5, 0.6) is 0 Å². The lowest BCUT2D eigenvalue weighted by Crippen LogP contribution is -2.19. The number of carbonyl (C=O) groups excluding carboxylic acids is 1. The highest BCUT2D eigenvalue weighted by molar-refractivity contribution is 8.00. The van der Waals surface area contributed by atoms with Gasteiger partial charge in [0.15, 0.2) is 10.8 Å². The highest BCUT2D eigenvalue weighted by Crippen LogP contribution is 2.34. The molecule has 0 aliphatic carbocycles. The number of benzene rings is 1. The SMILES string of the molecule is Cc1cc2nnc(S[C@@H](C(N)=O)c3ccccc3)n2c(C)n1. The monoisotopic (exact) mass is 313 g/mol. The fraction of sp³-hybridized carbons (Fsp3) is 0.200. The van der Waals surface area contributed by atoms with Gasteiger partial charge in [-0.25, -0.2) is 4.98 Å². The van der Waals surface area contributed by atoms with E-state index in [2.05, 4.69) is 15.2 Å². The number of nitrogens with zero attached hydrogens (tertiary/aromatic N) is 4. The first kappa shape index (κ1) is 14.5. The lowest BCUT2D eigenvalue weighted by atomic mass is 10.1. The van der Waals surface area contributed by atoms with Crippen LogP contribution < -0.4 is 5.73 Å². The highest BCUT2D eigenvalue weighted by atomic mass is 32.2. The summed E-state index contributed by atoms with van der Waals surface area (Å²) in [5, 5.41) is 8.40. The van der Waals surface area contributed by atoms with E-state index in [1.807, 2.05) is 54.6 Å². The van der Waals surface area contributed by atoms with Crippen LogP contribution in [0.4, 0.5) is 0 Å². The Balaban J connectivity index is 2.03. The molecule has 7 heteroatoms. The topological polar surface area (TPSA) is 86.2 Å². The molecule has 2 aromatic heterocycles. The van der Waals surface area contributed by atoms with E-state index in [1.165, 1.54) is 11.8 Å². The summed E-state index contributed by atoms with van der Waals surface area (Å²) in [6.45, 7) is 3.79. The highest BCUT2D eigenvalue weighted by Gasteiger charge is 2.22. The molecule has 1 aromatic carbocycles. The number of aromatic nitrogens is 4. The van der Waals surface area contributed by atoms with Gasteiger partial charge in [-0.15, -0.1) is 10.2 Å². The van der Waals surface area contributed by atoms with Gasteiger partial charge in [-0.1, -0.05) is 42.1 Å². The minimum Gasteiger partial charge on any atom is -0.368 e. The molecule has 0 bridgehead atoms. The molecule has 2 heterocycles. The fourth-order valence-electron chi connectivity index (χ4n) is 2.30. The van der Waals surface area contributed by atoms with E-state index < -0.39 is 11.2 Å². The summed E-state index contributed by atoms with van der Waals surface area (Å²) in [5.41, 5.74) is 7.99. The van der Waals surface area contributed by atoms with Gasteiger partial charge in [0.1, 0.15) is 11.1 Å². The third-order valence-electron chi connectivity index (χ3n) is 3.24. The average molecular weight is 313 g/mol. The van der Waals surface area contributed by atoms with Crippen molar-refractivity contribution >= 4 is 23.3 Å². The second kappa shape index (κ2) is 5.76. The van der Waals surface area contributed by atoms with Crippen LogP contribution in [0.3, 0.4) is 0 Å². The van der Waals surface area contributed by atoms with Crippen molar-refractivity contribution in [2.75, 3.05) is 0 Å². The first-order chi connectivity index (χ1) is 10.6. The van der Waals surface area contributed by atoms with Crippen molar-refractivity contribution in [2.45, 2.75) is 24.3 Å². The Kier molecular flexibility index (Phi) is 3.81. The molecule has 0 unspecified atom stereocenters. The lowest BCUT2D eigenvalue weighted by Gasteiger charge is -2.12. The number of nitrogens with two attached hydrogens (primary N) is 1. The summed E-state index contributed by atoms with van der Waals surface area (Å²) in [4.78, 5) is 16.2. The van der Waals surface area contributed by atoms with E-state index in [0.717, 1.165) is 17.1 Å². The second-order valence-corrected chi connectivity index (χ2v) is 6.00. The predicted octanol–water partition coefficient (Wildman–Crippen LogP) is 2.06. The second-order valence-electron chi connectivity index (χ2n) is 4.93. The Bertz CT molecular complexity index is 831. The summed E-state index contributed by atoms with van der Waals surface area (Å²) in [7, 11) is 0. The number of aryl methyl sites for hydroxylation is 2. The van der Waals surface area contributed by atoms with Crippen LogP contribution >= 0.6 is 11.8 Å².